The molecular weight excluding hydrogens is 280 g/mol. The van der Waals surface area contributed by atoms with Crippen LogP contribution in [0.3, 0.4) is 0 Å². The lowest BCUT2D eigenvalue weighted by molar-refractivity contribution is -0.130. The molecule has 0 atom stereocenters. The van der Waals surface area contributed by atoms with E-state index in [9.17, 15) is 9.59 Å². The molecule has 1 saturated heterocycles. The van der Waals surface area contributed by atoms with Crippen LogP contribution in [0.2, 0.25) is 0 Å². The molecule has 0 bridgehead atoms. The Morgan fingerprint density at radius 2 is 2.00 bits per heavy atom. The van der Waals surface area contributed by atoms with Crippen LogP contribution in [0.5, 0.6) is 0 Å². The summed E-state index contributed by atoms with van der Waals surface area (Å²) in [6.45, 7) is 2.35. The summed E-state index contributed by atoms with van der Waals surface area (Å²) in [6.07, 6.45) is 4.22. The van der Waals surface area contributed by atoms with Gasteiger partial charge in [-0.1, -0.05) is 36.8 Å². The number of hydrogen-bond acceptors (Lipinski definition) is 3. The number of carbonyl (C=O) groups excluding carboxylic acids is 2. The van der Waals surface area contributed by atoms with Gasteiger partial charge in [-0.15, -0.1) is 0 Å². The van der Waals surface area contributed by atoms with Crippen molar-refractivity contribution in [3.63, 3.8) is 0 Å². The predicted molar refractivity (Wildman–Crippen MR) is 84.3 cm³/mol. The van der Waals surface area contributed by atoms with E-state index in [-0.39, 0.29) is 12.5 Å². The molecule has 1 N–H and O–H groups in total. The van der Waals surface area contributed by atoms with Gasteiger partial charge in [0.25, 0.3) is 0 Å². The summed E-state index contributed by atoms with van der Waals surface area (Å²) >= 11 is 0. The van der Waals surface area contributed by atoms with Crippen LogP contribution in [0.4, 0.5) is 4.79 Å². The van der Waals surface area contributed by atoms with E-state index in [2.05, 4.69) is 5.32 Å². The summed E-state index contributed by atoms with van der Waals surface area (Å²) in [7, 11) is 0. The summed E-state index contributed by atoms with van der Waals surface area (Å²) in [4.78, 5) is 25.3. The molecule has 0 saturated carbocycles. The van der Waals surface area contributed by atoms with E-state index in [1.807, 2.05) is 35.2 Å². The molecule has 1 fully saturated rings. The zero-order valence-corrected chi connectivity index (χ0v) is 12.9. The molecule has 0 unspecified atom stereocenters. The second-order valence-electron chi connectivity index (χ2n) is 5.53. The molecule has 0 radical (unpaired) electrons. The number of benzene rings is 1. The fraction of sp³-hybridized carbons (Fsp3) is 0.529. The van der Waals surface area contributed by atoms with E-state index in [1.54, 1.807) is 0 Å². The first-order valence-electron chi connectivity index (χ1n) is 7.98. The monoisotopic (exact) mass is 304 g/mol. The van der Waals surface area contributed by atoms with Crippen molar-refractivity contribution >= 4 is 12.0 Å². The first kappa shape index (κ1) is 16.3. The van der Waals surface area contributed by atoms with Crippen molar-refractivity contribution in [2.75, 3.05) is 19.6 Å². The van der Waals surface area contributed by atoms with Crippen molar-refractivity contribution in [2.24, 2.45) is 0 Å². The fourth-order valence-electron chi connectivity index (χ4n) is 2.51. The quantitative estimate of drug-likeness (QED) is 0.822. The van der Waals surface area contributed by atoms with Gasteiger partial charge in [0.2, 0.25) is 5.91 Å². The predicted octanol–water partition coefficient (Wildman–Crippen LogP) is 2.71. The number of ether oxygens (including phenoxy) is 1. The normalized spacial score (nSPS) is 15.3. The van der Waals surface area contributed by atoms with Crippen LogP contribution in [-0.2, 0) is 16.1 Å². The Morgan fingerprint density at radius 1 is 1.18 bits per heavy atom. The number of likely N-dealkylation sites (tertiary alicyclic amines) is 1. The van der Waals surface area contributed by atoms with Gasteiger partial charge in [0.05, 0.1) is 0 Å². The van der Waals surface area contributed by atoms with Crippen LogP contribution in [-0.4, -0.2) is 36.5 Å². The minimum atomic E-state index is -0.411. The molecule has 0 aliphatic carbocycles. The van der Waals surface area contributed by atoms with Gasteiger partial charge >= 0.3 is 6.09 Å². The molecule has 2 rings (SSSR count). The summed E-state index contributed by atoms with van der Waals surface area (Å²) in [5.41, 5.74) is 0.966. The van der Waals surface area contributed by atoms with Gasteiger partial charge < -0.3 is 15.0 Å². The van der Waals surface area contributed by atoms with Crippen LogP contribution >= 0.6 is 0 Å². The molecule has 1 aliphatic heterocycles. The lowest BCUT2D eigenvalue weighted by Crippen LogP contribution is -2.34. The number of nitrogens with one attached hydrogen (secondary N) is 1. The molecule has 1 heterocycles. The number of amides is 2. The Labute approximate surface area is 131 Å². The topological polar surface area (TPSA) is 58.6 Å². The van der Waals surface area contributed by atoms with Gasteiger partial charge in [-0.2, -0.15) is 0 Å². The molecule has 1 aliphatic rings. The Bertz CT molecular complexity index is 476. The van der Waals surface area contributed by atoms with Crippen LogP contribution in [0, 0.1) is 0 Å². The number of rotatable bonds is 6. The highest BCUT2D eigenvalue weighted by atomic mass is 16.5. The second kappa shape index (κ2) is 9.07. The summed E-state index contributed by atoms with van der Waals surface area (Å²) in [6, 6.07) is 9.58. The highest BCUT2D eigenvalue weighted by Crippen LogP contribution is 2.11. The number of hydrogen-bond donors (Lipinski definition) is 1. The van der Waals surface area contributed by atoms with Gasteiger partial charge in [0, 0.05) is 26.1 Å². The zero-order chi connectivity index (χ0) is 15.6. The van der Waals surface area contributed by atoms with E-state index in [4.69, 9.17) is 4.74 Å². The minimum Gasteiger partial charge on any atom is -0.445 e. The van der Waals surface area contributed by atoms with Crippen molar-refractivity contribution in [3.8, 4) is 0 Å². The Hall–Kier alpha value is -2.04. The maximum Gasteiger partial charge on any atom is 0.407 e. The zero-order valence-electron chi connectivity index (χ0n) is 12.9. The third kappa shape index (κ3) is 5.76. The largest absolute Gasteiger partial charge is 0.445 e. The number of nitrogens with zero attached hydrogens (tertiary/aromatic N) is 1. The Balaban J connectivity index is 1.57. The summed E-state index contributed by atoms with van der Waals surface area (Å²) in [5.74, 6) is 0.240. The summed E-state index contributed by atoms with van der Waals surface area (Å²) < 4.78 is 5.13. The molecule has 120 valence electrons. The fourth-order valence-corrected chi connectivity index (χ4v) is 2.51. The van der Waals surface area contributed by atoms with Crippen LogP contribution in [0.1, 0.15) is 37.7 Å². The second-order valence-corrected chi connectivity index (χ2v) is 5.53. The smallest absolute Gasteiger partial charge is 0.407 e. The van der Waals surface area contributed by atoms with E-state index >= 15 is 0 Å². The molecule has 5 heteroatoms. The lowest BCUT2D eigenvalue weighted by Gasteiger charge is -2.20. The Kier molecular flexibility index (Phi) is 6.74. The third-order valence-corrected chi connectivity index (χ3v) is 3.76. The molecule has 2 amide bonds. The van der Waals surface area contributed by atoms with Crippen molar-refractivity contribution in [1.29, 1.82) is 0 Å². The standard InChI is InChI=1S/C17H24N2O3/c20-16-10-5-2-6-12-19(16)13-7-11-18-17(21)22-14-15-8-3-1-4-9-15/h1,3-4,8-9H,2,5-7,10-14H2,(H,18,21). The van der Waals surface area contributed by atoms with Crippen LogP contribution < -0.4 is 5.32 Å². The average Bonchev–Trinajstić information content (AvgIpc) is 2.75. The van der Waals surface area contributed by atoms with E-state index in [0.29, 0.717) is 19.5 Å². The van der Waals surface area contributed by atoms with Crippen LogP contribution in [0.15, 0.2) is 30.3 Å². The van der Waals surface area contributed by atoms with E-state index in [0.717, 1.165) is 37.8 Å². The highest BCUT2D eigenvalue weighted by molar-refractivity contribution is 5.76. The SMILES string of the molecule is O=C(NCCCN1CCCCCC1=O)OCc1ccccc1. The summed E-state index contributed by atoms with van der Waals surface area (Å²) in [5, 5.41) is 2.72. The minimum absolute atomic E-state index is 0.240. The first-order chi connectivity index (χ1) is 10.8. The molecular formula is C17H24N2O3. The van der Waals surface area contributed by atoms with Crippen LogP contribution in [0.25, 0.3) is 0 Å². The molecule has 0 aromatic heterocycles. The van der Waals surface area contributed by atoms with Gasteiger partial charge in [0.15, 0.2) is 0 Å². The maximum atomic E-state index is 11.8. The number of carbonyl (C=O) groups is 2. The van der Waals surface area contributed by atoms with Crippen molar-refractivity contribution in [1.82, 2.24) is 10.2 Å². The van der Waals surface area contributed by atoms with E-state index < -0.39 is 6.09 Å². The van der Waals surface area contributed by atoms with Gasteiger partial charge in [-0.05, 0) is 24.8 Å². The van der Waals surface area contributed by atoms with Crippen molar-refractivity contribution in [2.45, 2.75) is 38.7 Å². The van der Waals surface area contributed by atoms with E-state index in [1.165, 1.54) is 0 Å². The maximum absolute atomic E-state index is 11.8. The van der Waals surface area contributed by atoms with Gasteiger partial charge in [-0.3, -0.25) is 4.79 Å². The van der Waals surface area contributed by atoms with Crippen molar-refractivity contribution in [3.05, 3.63) is 35.9 Å². The first-order valence-corrected chi connectivity index (χ1v) is 7.98. The average molecular weight is 304 g/mol. The molecule has 5 nitrogen and oxygen atoms in total. The highest BCUT2D eigenvalue weighted by Gasteiger charge is 2.15. The molecule has 0 spiro atoms. The molecule has 1 aromatic carbocycles. The molecule has 22 heavy (non-hydrogen) atoms. The number of alkyl carbamates (subject to hydrolysis) is 1. The van der Waals surface area contributed by atoms with Crippen molar-refractivity contribution < 1.29 is 14.3 Å². The van der Waals surface area contributed by atoms with Gasteiger partial charge in [-0.25, -0.2) is 4.79 Å². The molecule has 1 aromatic rings. The Morgan fingerprint density at radius 3 is 2.82 bits per heavy atom. The van der Waals surface area contributed by atoms with Gasteiger partial charge in [0.1, 0.15) is 6.61 Å². The lowest BCUT2D eigenvalue weighted by atomic mass is 10.2. The third-order valence-electron chi connectivity index (χ3n) is 3.76.